The van der Waals surface area contributed by atoms with E-state index >= 15 is 0 Å². The molecule has 0 spiro atoms. The predicted molar refractivity (Wildman–Crippen MR) is 94.0 cm³/mol. The van der Waals surface area contributed by atoms with E-state index in [0.717, 1.165) is 13.4 Å². The quantitative estimate of drug-likeness (QED) is 0.730. The van der Waals surface area contributed by atoms with E-state index in [-0.39, 0.29) is 0 Å². The molecule has 2 rings (SSSR count). The molecule has 1 aromatic carbocycles. The summed E-state index contributed by atoms with van der Waals surface area (Å²) in [6.07, 6.45) is 1.79. The third kappa shape index (κ3) is 4.93. The number of aliphatic hydroxyl groups excluding tert-OH is 1. The van der Waals surface area contributed by atoms with Crippen molar-refractivity contribution < 1.29 is 24.2 Å². The standard InChI is InChI=1S/C16H21N3O4.CH4O/c1-9(18-15(21)23-16(2,3)4)11-6-10(8-20)13-12(7-17-19-13)14(11)22-5;1-2/h6-9H,1-5H3,(H,17,19)(H,18,21);2H,1H3. The maximum absolute atomic E-state index is 11.9. The number of methoxy groups -OCH3 is 1. The van der Waals surface area contributed by atoms with E-state index < -0.39 is 17.7 Å². The second-order valence-electron chi connectivity index (χ2n) is 6.23. The summed E-state index contributed by atoms with van der Waals surface area (Å²) in [4.78, 5) is 23.2. The largest absolute Gasteiger partial charge is 0.496 e. The van der Waals surface area contributed by atoms with Crippen LogP contribution in [0.25, 0.3) is 10.9 Å². The van der Waals surface area contributed by atoms with Crippen LogP contribution in [0.2, 0.25) is 0 Å². The number of rotatable bonds is 4. The highest BCUT2D eigenvalue weighted by Gasteiger charge is 2.22. The van der Waals surface area contributed by atoms with Crippen molar-refractivity contribution in [3.63, 3.8) is 0 Å². The first-order valence-corrected chi connectivity index (χ1v) is 7.70. The van der Waals surface area contributed by atoms with Crippen molar-refractivity contribution in [2.75, 3.05) is 14.2 Å². The lowest BCUT2D eigenvalue weighted by molar-refractivity contribution is 0.0507. The third-order valence-corrected chi connectivity index (χ3v) is 3.28. The van der Waals surface area contributed by atoms with Crippen molar-refractivity contribution in [3.05, 3.63) is 23.4 Å². The van der Waals surface area contributed by atoms with Crippen molar-refractivity contribution in [2.45, 2.75) is 39.3 Å². The van der Waals surface area contributed by atoms with Gasteiger partial charge in [-0.1, -0.05) is 0 Å². The summed E-state index contributed by atoms with van der Waals surface area (Å²) in [5, 5.41) is 17.2. The molecule has 2 aromatic rings. The minimum absolute atomic E-state index is 0.405. The van der Waals surface area contributed by atoms with Crippen molar-refractivity contribution in [2.24, 2.45) is 0 Å². The van der Waals surface area contributed by atoms with Gasteiger partial charge in [-0.2, -0.15) is 5.10 Å². The Bertz CT molecular complexity index is 734. The van der Waals surface area contributed by atoms with Gasteiger partial charge in [-0.15, -0.1) is 0 Å². The number of benzene rings is 1. The van der Waals surface area contributed by atoms with Crippen LogP contribution in [0, 0.1) is 0 Å². The summed E-state index contributed by atoms with van der Waals surface area (Å²) in [5.41, 5.74) is 1.14. The lowest BCUT2D eigenvalue weighted by Gasteiger charge is -2.23. The molecule has 0 bridgehead atoms. The van der Waals surface area contributed by atoms with Crippen LogP contribution < -0.4 is 10.1 Å². The second-order valence-corrected chi connectivity index (χ2v) is 6.23. The molecule has 0 aliphatic heterocycles. The van der Waals surface area contributed by atoms with Gasteiger partial charge in [0.2, 0.25) is 0 Å². The zero-order chi connectivity index (χ0) is 19.2. The van der Waals surface area contributed by atoms with E-state index in [4.69, 9.17) is 14.6 Å². The number of carbonyl (C=O) groups is 2. The number of aromatic nitrogens is 2. The molecule has 1 atom stereocenters. The van der Waals surface area contributed by atoms with Gasteiger partial charge in [-0.25, -0.2) is 4.79 Å². The zero-order valence-corrected chi connectivity index (χ0v) is 15.3. The second kappa shape index (κ2) is 8.48. The van der Waals surface area contributed by atoms with Crippen LogP contribution in [0.5, 0.6) is 5.75 Å². The molecule has 1 aromatic heterocycles. The van der Waals surface area contributed by atoms with Gasteiger partial charge in [0, 0.05) is 18.2 Å². The monoisotopic (exact) mass is 351 g/mol. The van der Waals surface area contributed by atoms with Crippen molar-refractivity contribution in [1.29, 1.82) is 0 Å². The Morgan fingerprint density at radius 3 is 2.56 bits per heavy atom. The minimum atomic E-state index is -0.587. The summed E-state index contributed by atoms with van der Waals surface area (Å²) in [5.74, 6) is 0.558. The summed E-state index contributed by atoms with van der Waals surface area (Å²) >= 11 is 0. The highest BCUT2D eigenvalue weighted by atomic mass is 16.6. The van der Waals surface area contributed by atoms with Gasteiger partial charge < -0.3 is 19.9 Å². The SMILES string of the molecule is CO.COc1c(C(C)NC(=O)OC(C)(C)C)cc(C=O)c2[nH]ncc12. The molecule has 3 N–H and O–H groups in total. The molecule has 1 unspecified atom stereocenters. The number of aromatic amines is 1. The van der Waals surface area contributed by atoms with Crippen LogP contribution in [-0.4, -0.2) is 47.5 Å². The molecule has 0 aliphatic carbocycles. The summed E-state index contributed by atoms with van der Waals surface area (Å²) < 4.78 is 10.7. The minimum Gasteiger partial charge on any atom is -0.496 e. The maximum atomic E-state index is 11.9. The Morgan fingerprint density at radius 2 is 2.04 bits per heavy atom. The maximum Gasteiger partial charge on any atom is 0.408 e. The van der Waals surface area contributed by atoms with Crippen LogP contribution in [0.15, 0.2) is 12.3 Å². The molecule has 0 radical (unpaired) electrons. The molecule has 8 nitrogen and oxygen atoms in total. The van der Waals surface area contributed by atoms with Crippen molar-refractivity contribution >= 4 is 23.3 Å². The summed E-state index contributed by atoms with van der Waals surface area (Å²) in [6, 6.07) is 1.27. The number of hydrogen-bond acceptors (Lipinski definition) is 6. The lowest BCUT2D eigenvalue weighted by atomic mass is 10.0. The zero-order valence-electron chi connectivity index (χ0n) is 15.3. The number of nitrogens with one attached hydrogen (secondary N) is 2. The van der Waals surface area contributed by atoms with E-state index in [1.807, 2.05) is 0 Å². The summed E-state index contributed by atoms with van der Waals surface area (Å²) in [7, 11) is 2.53. The van der Waals surface area contributed by atoms with Gasteiger partial charge in [0.15, 0.2) is 6.29 Å². The lowest BCUT2D eigenvalue weighted by Crippen LogP contribution is -2.34. The summed E-state index contributed by atoms with van der Waals surface area (Å²) in [6.45, 7) is 7.17. The number of ether oxygens (including phenoxy) is 2. The van der Waals surface area contributed by atoms with Crippen molar-refractivity contribution in [3.8, 4) is 5.75 Å². The Balaban J connectivity index is 0.00000151. The van der Waals surface area contributed by atoms with E-state index in [2.05, 4.69) is 15.5 Å². The number of H-pyrrole nitrogens is 1. The number of hydrogen-bond donors (Lipinski definition) is 3. The number of aliphatic hydroxyl groups is 1. The van der Waals surface area contributed by atoms with Crippen LogP contribution in [0.4, 0.5) is 4.79 Å². The van der Waals surface area contributed by atoms with Gasteiger partial charge in [0.05, 0.1) is 30.3 Å². The molecule has 138 valence electrons. The number of carbonyl (C=O) groups excluding carboxylic acids is 2. The average Bonchev–Trinajstić information content (AvgIpc) is 3.02. The molecule has 1 heterocycles. The number of fused-ring (bicyclic) bond motifs is 1. The van der Waals surface area contributed by atoms with E-state index in [1.165, 1.54) is 7.11 Å². The number of nitrogens with zero attached hydrogens (tertiary/aromatic N) is 1. The van der Waals surface area contributed by atoms with Gasteiger partial charge in [-0.3, -0.25) is 9.89 Å². The Labute approximate surface area is 146 Å². The first-order valence-electron chi connectivity index (χ1n) is 7.70. The fourth-order valence-electron chi connectivity index (χ4n) is 2.34. The van der Waals surface area contributed by atoms with E-state index in [9.17, 15) is 9.59 Å². The van der Waals surface area contributed by atoms with E-state index in [0.29, 0.717) is 27.8 Å². The first kappa shape index (κ1) is 20.4. The number of amides is 1. The topological polar surface area (TPSA) is 114 Å². The highest BCUT2D eigenvalue weighted by molar-refractivity contribution is 5.99. The number of alkyl carbamates (subject to hydrolysis) is 1. The van der Waals surface area contributed by atoms with Gasteiger partial charge in [-0.05, 0) is 33.8 Å². The normalized spacial score (nSPS) is 12.0. The molecular weight excluding hydrogens is 326 g/mol. The Kier molecular flexibility index (Phi) is 6.93. The highest BCUT2D eigenvalue weighted by Crippen LogP contribution is 2.34. The van der Waals surface area contributed by atoms with Gasteiger partial charge in [0.1, 0.15) is 11.4 Å². The number of aldehydes is 1. The predicted octanol–water partition coefficient (Wildman–Crippen LogP) is 2.58. The third-order valence-electron chi connectivity index (χ3n) is 3.28. The van der Waals surface area contributed by atoms with Crippen LogP contribution in [0.3, 0.4) is 0 Å². The molecule has 0 aliphatic rings. The van der Waals surface area contributed by atoms with Crippen LogP contribution in [-0.2, 0) is 4.74 Å². The smallest absolute Gasteiger partial charge is 0.408 e. The molecular formula is C17H25N3O5. The Hall–Kier alpha value is -2.61. The molecule has 1 amide bonds. The Morgan fingerprint density at radius 1 is 1.40 bits per heavy atom. The fraction of sp³-hybridized carbons (Fsp3) is 0.471. The van der Waals surface area contributed by atoms with Crippen LogP contribution in [0.1, 0.15) is 49.7 Å². The molecule has 25 heavy (non-hydrogen) atoms. The van der Waals surface area contributed by atoms with Gasteiger partial charge >= 0.3 is 6.09 Å². The first-order chi connectivity index (χ1) is 11.8. The molecule has 0 saturated heterocycles. The molecule has 0 saturated carbocycles. The van der Waals surface area contributed by atoms with Crippen LogP contribution >= 0.6 is 0 Å². The molecule has 0 fully saturated rings. The average molecular weight is 351 g/mol. The fourth-order valence-corrected chi connectivity index (χ4v) is 2.34. The van der Waals surface area contributed by atoms with Gasteiger partial charge in [0.25, 0.3) is 0 Å². The molecule has 8 heteroatoms. The van der Waals surface area contributed by atoms with Crippen molar-refractivity contribution in [1.82, 2.24) is 15.5 Å². The van der Waals surface area contributed by atoms with E-state index in [1.54, 1.807) is 40.0 Å².